The molecule has 0 amide bonds. The van der Waals surface area contributed by atoms with Gasteiger partial charge in [-0.3, -0.25) is 0 Å². The van der Waals surface area contributed by atoms with Gasteiger partial charge in [0.25, 0.3) is 0 Å². The van der Waals surface area contributed by atoms with Crippen molar-refractivity contribution in [3.63, 3.8) is 0 Å². The second kappa shape index (κ2) is 2.34. The van der Waals surface area contributed by atoms with Gasteiger partial charge in [-0.1, -0.05) is 48.5 Å². The van der Waals surface area contributed by atoms with Crippen molar-refractivity contribution in [1.82, 2.24) is 0 Å². The molecule has 0 nitrogen and oxygen atoms in total. The minimum atomic E-state index is -0.928. The largest absolute Gasteiger partial charge is 0.0806 e. The molecule has 0 aromatic heterocycles. The minimum absolute atomic E-state index is 0.928. The first-order valence-corrected chi connectivity index (χ1v) is 7.80. The van der Waals surface area contributed by atoms with Crippen molar-refractivity contribution in [2.75, 3.05) is 0 Å². The molecule has 2 aliphatic rings. The first kappa shape index (κ1) is 7.35. The van der Waals surface area contributed by atoms with Crippen LogP contribution in [0.3, 0.4) is 0 Å². The average Bonchev–Trinajstić information content (AvgIpc) is 2.34. The van der Waals surface area contributed by atoms with E-state index in [1.807, 2.05) is 0 Å². The van der Waals surface area contributed by atoms with E-state index in [4.69, 9.17) is 0 Å². The average molecular weight is 164 g/mol. The molecule has 0 unspecified atom stereocenters. The Morgan fingerprint density at radius 1 is 1.36 bits per heavy atom. The highest BCUT2D eigenvalue weighted by atomic mass is 28.3. The Bertz CT molecular complexity index is 233. The molecule has 0 atom stereocenters. The highest BCUT2D eigenvalue weighted by Crippen LogP contribution is 2.38. The van der Waals surface area contributed by atoms with Gasteiger partial charge in [-0.05, 0) is 12.8 Å². The number of rotatable bonds is 0. The van der Waals surface area contributed by atoms with Crippen molar-refractivity contribution in [1.29, 1.82) is 0 Å². The Morgan fingerprint density at radius 3 is 2.91 bits per heavy atom. The van der Waals surface area contributed by atoms with E-state index in [0.29, 0.717) is 0 Å². The zero-order chi connectivity index (χ0) is 7.90. The van der Waals surface area contributed by atoms with E-state index in [0.717, 1.165) is 0 Å². The predicted molar refractivity (Wildman–Crippen MR) is 52.3 cm³/mol. The summed E-state index contributed by atoms with van der Waals surface area (Å²) < 4.78 is 0. The summed E-state index contributed by atoms with van der Waals surface area (Å²) in [4.78, 5) is 0. The topological polar surface area (TPSA) is 0 Å². The molecule has 0 spiro atoms. The summed E-state index contributed by atoms with van der Waals surface area (Å²) in [5.74, 6) is 0. The molecular weight excluding hydrogens is 148 g/mol. The molecule has 0 aromatic carbocycles. The Balaban J connectivity index is 2.38. The summed E-state index contributed by atoms with van der Waals surface area (Å²) in [7, 11) is -0.928. The van der Waals surface area contributed by atoms with Crippen LogP contribution in [0, 0.1) is 0 Å². The van der Waals surface area contributed by atoms with Crippen molar-refractivity contribution in [3.8, 4) is 0 Å². The van der Waals surface area contributed by atoms with Crippen LogP contribution in [0.4, 0.5) is 0 Å². The summed E-state index contributed by atoms with van der Waals surface area (Å²) in [6.07, 6.45) is 8.87. The zero-order valence-electron chi connectivity index (χ0n) is 7.48. The van der Waals surface area contributed by atoms with Crippen LogP contribution in [0.2, 0.25) is 19.1 Å². The molecule has 0 fully saturated rings. The molecule has 1 aliphatic carbocycles. The zero-order valence-corrected chi connectivity index (χ0v) is 8.48. The second-order valence-corrected chi connectivity index (χ2v) is 9.17. The van der Waals surface area contributed by atoms with Crippen molar-refractivity contribution < 1.29 is 0 Å². The summed E-state index contributed by atoms with van der Waals surface area (Å²) in [6.45, 7) is 5.02. The third-order valence-corrected chi connectivity index (χ3v) is 6.62. The van der Waals surface area contributed by atoms with E-state index < -0.39 is 8.07 Å². The molecule has 1 heterocycles. The molecule has 2 rings (SSSR count). The molecule has 0 saturated heterocycles. The first-order chi connectivity index (χ1) is 5.20. The summed E-state index contributed by atoms with van der Waals surface area (Å²) in [5, 5.41) is 1.78. The lowest BCUT2D eigenvalue weighted by molar-refractivity contribution is 0.849. The maximum absolute atomic E-state index is 2.51. The van der Waals surface area contributed by atoms with E-state index in [-0.39, 0.29) is 0 Å². The molecular formula is C10H16Si. The monoisotopic (exact) mass is 164 g/mol. The minimum Gasteiger partial charge on any atom is -0.0806 e. The van der Waals surface area contributed by atoms with E-state index in [1.165, 1.54) is 25.3 Å². The summed E-state index contributed by atoms with van der Waals surface area (Å²) in [5.41, 5.74) is 1.77. The normalized spacial score (nSPS) is 27.5. The molecule has 1 aliphatic heterocycles. The van der Waals surface area contributed by atoms with Crippen LogP contribution in [0.5, 0.6) is 0 Å². The Kier molecular flexibility index (Phi) is 1.57. The summed E-state index contributed by atoms with van der Waals surface area (Å²) in [6, 6.07) is 1.51. The van der Waals surface area contributed by atoms with Crippen LogP contribution in [-0.4, -0.2) is 8.07 Å². The van der Waals surface area contributed by atoms with Gasteiger partial charge in [-0.25, -0.2) is 0 Å². The SMILES string of the molecule is C[Si]1(C)CCCC2=C1C=CC2. The molecule has 0 saturated carbocycles. The van der Waals surface area contributed by atoms with Crippen molar-refractivity contribution in [2.24, 2.45) is 0 Å². The van der Waals surface area contributed by atoms with E-state index in [9.17, 15) is 0 Å². The maximum atomic E-state index is 2.51. The lowest BCUT2D eigenvalue weighted by Gasteiger charge is -2.29. The summed E-state index contributed by atoms with van der Waals surface area (Å²) >= 11 is 0. The standard InChI is InChI=1S/C10H16Si/c1-11(2)8-4-6-9-5-3-7-10(9)11/h3,7H,4-6,8H2,1-2H3. The molecule has 1 heteroatoms. The highest BCUT2D eigenvalue weighted by molar-refractivity contribution is 6.85. The van der Waals surface area contributed by atoms with Crippen LogP contribution in [0.15, 0.2) is 22.9 Å². The fraction of sp³-hybridized carbons (Fsp3) is 0.600. The fourth-order valence-corrected chi connectivity index (χ4v) is 5.45. The Hall–Kier alpha value is -0.303. The first-order valence-electron chi connectivity index (χ1n) is 4.59. The lowest BCUT2D eigenvalue weighted by Crippen LogP contribution is -2.30. The predicted octanol–water partition coefficient (Wildman–Crippen LogP) is 3.28. The van der Waals surface area contributed by atoms with Gasteiger partial charge in [-0.15, -0.1) is 0 Å². The van der Waals surface area contributed by atoms with Crippen molar-refractivity contribution in [3.05, 3.63) is 22.9 Å². The number of hydrogen-bond donors (Lipinski definition) is 0. The number of hydrogen-bond acceptors (Lipinski definition) is 0. The van der Waals surface area contributed by atoms with Gasteiger partial charge < -0.3 is 0 Å². The van der Waals surface area contributed by atoms with Gasteiger partial charge in [0.1, 0.15) is 0 Å². The molecule has 0 radical (unpaired) electrons. The van der Waals surface area contributed by atoms with Gasteiger partial charge in [0.05, 0.1) is 8.07 Å². The third-order valence-electron chi connectivity index (χ3n) is 3.04. The number of allylic oxidation sites excluding steroid dienone is 4. The van der Waals surface area contributed by atoms with Crippen molar-refractivity contribution >= 4 is 8.07 Å². The quantitative estimate of drug-likeness (QED) is 0.482. The van der Waals surface area contributed by atoms with E-state index in [2.05, 4.69) is 25.2 Å². The van der Waals surface area contributed by atoms with Crippen LogP contribution in [0.1, 0.15) is 19.3 Å². The van der Waals surface area contributed by atoms with Gasteiger partial charge in [0.2, 0.25) is 0 Å². The Labute approximate surface area is 70.0 Å². The lowest BCUT2D eigenvalue weighted by atomic mass is 10.1. The highest BCUT2D eigenvalue weighted by Gasteiger charge is 2.31. The van der Waals surface area contributed by atoms with Crippen LogP contribution in [0.25, 0.3) is 0 Å². The van der Waals surface area contributed by atoms with Gasteiger partial charge >= 0.3 is 0 Å². The fourth-order valence-electron chi connectivity index (χ4n) is 2.37. The van der Waals surface area contributed by atoms with Gasteiger partial charge in [-0.2, -0.15) is 0 Å². The van der Waals surface area contributed by atoms with Gasteiger partial charge in [0.15, 0.2) is 0 Å². The van der Waals surface area contributed by atoms with Crippen molar-refractivity contribution in [2.45, 2.75) is 38.4 Å². The van der Waals surface area contributed by atoms with Crippen LogP contribution < -0.4 is 0 Å². The van der Waals surface area contributed by atoms with E-state index in [1.54, 1.807) is 10.8 Å². The molecule has 0 aromatic rings. The van der Waals surface area contributed by atoms with Crippen LogP contribution in [-0.2, 0) is 0 Å². The van der Waals surface area contributed by atoms with Gasteiger partial charge in [0, 0.05) is 0 Å². The molecule has 60 valence electrons. The molecule has 0 bridgehead atoms. The Morgan fingerprint density at radius 2 is 2.18 bits per heavy atom. The second-order valence-electron chi connectivity index (χ2n) is 4.36. The van der Waals surface area contributed by atoms with E-state index >= 15 is 0 Å². The van der Waals surface area contributed by atoms with Crippen LogP contribution >= 0.6 is 0 Å². The maximum Gasteiger partial charge on any atom is 0.0805 e. The molecule has 0 N–H and O–H groups in total. The smallest absolute Gasteiger partial charge is 0.0805 e. The third kappa shape index (κ3) is 1.12. The molecule has 11 heavy (non-hydrogen) atoms.